The molecule has 1 amide bonds. The number of amides is 1. The van der Waals surface area contributed by atoms with Gasteiger partial charge in [-0.1, -0.05) is 12.5 Å². The van der Waals surface area contributed by atoms with Gasteiger partial charge in [0.25, 0.3) is 5.91 Å². The van der Waals surface area contributed by atoms with Crippen molar-refractivity contribution in [3.63, 3.8) is 0 Å². The number of aryl methyl sites for hydroxylation is 1. The molecule has 1 N–H and O–H groups in total. The fourth-order valence-electron chi connectivity index (χ4n) is 3.43. The molecule has 2 aliphatic heterocycles. The van der Waals surface area contributed by atoms with E-state index in [-0.39, 0.29) is 17.6 Å². The lowest BCUT2D eigenvalue weighted by Gasteiger charge is -2.26. The first kappa shape index (κ1) is 18.8. The average molecular weight is 402 g/mol. The smallest absolute Gasteiger partial charge is 0.255 e. The zero-order valence-corrected chi connectivity index (χ0v) is 16.4. The van der Waals surface area contributed by atoms with Crippen molar-refractivity contribution in [2.45, 2.75) is 31.1 Å². The van der Waals surface area contributed by atoms with E-state index < -0.39 is 10.0 Å². The molecule has 28 heavy (non-hydrogen) atoms. The zero-order valence-electron chi connectivity index (χ0n) is 15.6. The SMILES string of the molecule is Cc1ccc(S(=O)(=O)N2CCCCC2)cc1C(=O)Nc1ccc2c(c1)OCO2. The van der Waals surface area contributed by atoms with Crippen molar-refractivity contribution in [1.82, 2.24) is 4.31 Å². The van der Waals surface area contributed by atoms with Gasteiger partial charge in [-0.3, -0.25) is 4.79 Å². The molecule has 2 aromatic rings. The number of ether oxygens (including phenoxy) is 2. The highest BCUT2D eigenvalue weighted by molar-refractivity contribution is 7.89. The van der Waals surface area contributed by atoms with Gasteiger partial charge >= 0.3 is 0 Å². The molecular formula is C20H22N2O5S. The number of hydrogen-bond acceptors (Lipinski definition) is 5. The molecule has 0 spiro atoms. The van der Waals surface area contributed by atoms with Gasteiger partial charge in [0, 0.05) is 30.4 Å². The van der Waals surface area contributed by atoms with E-state index in [0.29, 0.717) is 41.4 Å². The van der Waals surface area contributed by atoms with Crippen LogP contribution < -0.4 is 14.8 Å². The molecule has 2 aromatic carbocycles. The minimum atomic E-state index is -3.60. The lowest BCUT2D eigenvalue weighted by Crippen LogP contribution is -2.35. The van der Waals surface area contributed by atoms with Crippen LogP contribution in [0, 0.1) is 6.92 Å². The van der Waals surface area contributed by atoms with Gasteiger partial charge in [0.05, 0.1) is 4.90 Å². The molecule has 148 valence electrons. The van der Waals surface area contributed by atoms with Gasteiger partial charge in [0.15, 0.2) is 11.5 Å². The predicted molar refractivity (Wildman–Crippen MR) is 104 cm³/mol. The van der Waals surface area contributed by atoms with Gasteiger partial charge in [0.2, 0.25) is 16.8 Å². The summed E-state index contributed by atoms with van der Waals surface area (Å²) in [5.74, 6) is 0.826. The van der Waals surface area contributed by atoms with E-state index in [1.54, 1.807) is 37.3 Å². The summed E-state index contributed by atoms with van der Waals surface area (Å²) < 4.78 is 37.9. The molecule has 2 aliphatic rings. The standard InChI is InChI=1S/C20H22N2O5S/c1-14-5-7-16(28(24,25)22-9-3-2-4-10-22)12-17(14)20(23)21-15-6-8-18-19(11-15)27-13-26-18/h5-8,11-12H,2-4,9-10,13H2,1H3,(H,21,23). The quantitative estimate of drug-likeness (QED) is 0.849. The topological polar surface area (TPSA) is 84.9 Å². The highest BCUT2D eigenvalue weighted by atomic mass is 32.2. The molecule has 7 nitrogen and oxygen atoms in total. The Bertz CT molecular complexity index is 1010. The van der Waals surface area contributed by atoms with Crippen molar-refractivity contribution >= 4 is 21.6 Å². The van der Waals surface area contributed by atoms with E-state index in [2.05, 4.69) is 5.32 Å². The molecule has 0 saturated carbocycles. The number of piperidine rings is 1. The number of benzene rings is 2. The lowest BCUT2D eigenvalue weighted by atomic mass is 10.1. The van der Waals surface area contributed by atoms with Gasteiger partial charge in [-0.15, -0.1) is 0 Å². The second-order valence-corrected chi connectivity index (χ2v) is 8.90. The summed E-state index contributed by atoms with van der Waals surface area (Å²) in [7, 11) is -3.60. The second kappa shape index (κ2) is 7.44. The van der Waals surface area contributed by atoms with Crippen molar-refractivity contribution in [1.29, 1.82) is 0 Å². The number of carbonyl (C=O) groups is 1. The third-order valence-electron chi connectivity index (χ3n) is 5.04. The predicted octanol–water partition coefficient (Wildman–Crippen LogP) is 3.15. The molecule has 0 bridgehead atoms. The Morgan fingerprint density at radius 1 is 1.00 bits per heavy atom. The molecule has 8 heteroatoms. The number of sulfonamides is 1. The Morgan fingerprint density at radius 3 is 2.54 bits per heavy atom. The fourth-order valence-corrected chi connectivity index (χ4v) is 4.98. The number of nitrogens with one attached hydrogen (secondary N) is 1. The summed E-state index contributed by atoms with van der Waals surface area (Å²) in [5.41, 5.74) is 1.59. The number of hydrogen-bond donors (Lipinski definition) is 1. The van der Waals surface area contributed by atoms with Gasteiger partial charge in [-0.2, -0.15) is 4.31 Å². The Balaban J connectivity index is 1.59. The summed E-state index contributed by atoms with van der Waals surface area (Å²) in [6, 6.07) is 9.82. The Morgan fingerprint density at radius 2 is 1.75 bits per heavy atom. The maximum Gasteiger partial charge on any atom is 0.255 e. The van der Waals surface area contributed by atoms with E-state index >= 15 is 0 Å². The van der Waals surface area contributed by atoms with Gasteiger partial charge in [0.1, 0.15) is 0 Å². The monoisotopic (exact) mass is 402 g/mol. The number of nitrogens with zero attached hydrogens (tertiary/aromatic N) is 1. The molecule has 0 unspecified atom stereocenters. The maximum absolute atomic E-state index is 12.9. The largest absolute Gasteiger partial charge is 0.454 e. The molecule has 1 fully saturated rings. The molecule has 1 saturated heterocycles. The number of fused-ring (bicyclic) bond motifs is 1. The third-order valence-corrected chi connectivity index (χ3v) is 6.93. The average Bonchev–Trinajstić information content (AvgIpc) is 3.16. The van der Waals surface area contributed by atoms with E-state index in [1.807, 2.05) is 0 Å². The Hall–Kier alpha value is -2.58. The highest BCUT2D eigenvalue weighted by Gasteiger charge is 2.27. The van der Waals surface area contributed by atoms with Crippen molar-refractivity contribution in [2.75, 3.05) is 25.2 Å². The summed E-state index contributed by atoms with van der Waals surface area (Å²) in [6.45, 7) is 2.98. The van der Waals surface area contributed by atoms with Crippen molar-refractivity contribution in [2.24, 2.45) is 0 Å². The molecular weight excluding hydrogens is 380 g/mol. The van der Waals surface area contributed by atoms with E-state index in [9.17, 15) is 13.2 Å². The van der Waals surface area contributed by atoms with Crippen LogP contribution >= 0.6 is 0 Å². The van der Waals surface area contributed by atoms with Gasteiger partial charge in [-0.25, -0.2) is 8.42 Å². The van der Waals surface area contributed by atoms with E-state index in [1.165, 1.54) is 10.4 Å². The van der Waals surface area contributed by atoms with Crippen LogP contribution in [0.5, 0.6) is 11.5 Å². The van der Waals surface area contributed by atoms with Gasteiger partial charge < -0.3 is 14.8 Å². The van der Waals surface area contributed by atoms with Crippen molar-refractivity contribution in [3.05, 3.63) is 47.5 Å². The summed E-state index contributed by atoms with van der Waals surface area (Å²) >= 11 is 0. The molecule has 4 rings (SSSR count). The van der Waals surface area contributed by atoms with E-state index in [4.69, 9.17) is 9.47 Å². The first-order valence-corrected chi connectivity index (χ1v) is 10.7. The second-order valence-electron chi connectivity index (χ2n) is 6.96. The van der Waals surface area contributed by atoms with Crippen LogP contribution in [0.2, 0.25) is 0 Å². The van der Waals surface area contributed by atoms with Crippen LogP contribution in [0.25, 0.3) is 0 Å². The first-order chi connectivity index (χ1) is 13.4. The van der Waals surface area contributed by atoms with Crippen LogP contribution in [-0.4, -0.2) is 38.5 Å². The molecule has 2 heterocycles. The van der Waals surface area contributed by atoms with Crippen LogP contribution in [-0.2, 0) is 10.0 Å². The Kier molecular flexibility index (Phi) is 4.99. The zero-order chi connectivity index (χ0) is 19.7. The van der Waals surface area contributed by atoms with Crippen LogP contribution in [0.4, 0.5) is 5.69 Å². The Labute approximate surface area is 164 Å². The molecule has 0 atom stereocenters. The first-order valence-electron chi connectivity index (χ1n) is 9.27. The van der Waals surface area contributed by atoms with Crippen LogP contribution in [0.1, 0.15) is 35.2 Å². The summed E-state index contributed by atoms with van der Waals surface area (Å²) in [5, 5.41) is 2.80. The van der Waals surface area contributed by atoms with Crippen LogP contribution in [0.15, 0.2) is 41.3 Å². The number of rotatable bonds is 4. The normalized spacial score (nSPS) is 16.8. The van der Waals surface area contributed by atoms with Crippen molar-refractivity contribution < 1.29 is 22.7 Å². The third kappa shape index (κ3) is 3.57. The van der Waals surface area contributed by atoms with Crippen molar-refractivity contribution in [3.8, 4) is 11.5 Å². The number of carbonyl (C=O) groups excluding carboxylic acids is 1. The molecule has 0 radical (unpaired) electrons. The minimum Gasteiger partial charge on any atom is -0.454 e. The molecule has 0 aromatic heterocycles. The lowest BCUT2D eigenvalue weighted by molar-refractivity contribution is 0.102. The highest BCUT2D eigenvalue weighted by Crippen LogP contribution is 2.34. The minimum absolute atomic E-state index is 0.149. The maximum atomic E-state index is 12.9. The summed E-state index contributed by atoms with van der Waals surface area (Å²) in [4.78, 5) is 12.9. The summed E-state index contributed by atoms with van der Waals surface area (Å²) in [6.07, 6.45) is 2.77. The number of anilines is 1. The van der Waals surface area contributed by atoms with Crippen LogP contribution in [0.3, 0.4) is 0 Å². The van der Waals surface area contributed by atoms with E-state index in [0.717, 1.165) is 19.3 Å². The fraction of sp³-hybridized carbons (Fsp3) is 0.350. The molecule has 0 aliphatic carbocycles. The van der Waals surface area contributed by atoms with Gasteiger partial charge in [-0.05, 0) is 49.6 Å².